The number of aryl methyl sites for hydroxylation is 1. The van der Waals surface area contributed by atoms with Crippen LogP contribution in [0.1, 0.15) is 25.8 Å². The average Bonchev–Trinajstić information content (AvgIpc) is 2.33. The molecule has 0 saturated carbocycles. The summed E-state index contributed by atoms with van der Waals surface area (Å²) >= 11 is 0. The largest absolute Gasteiger partial charge is 0.493 e. The fraction of sp³-hybridized carbons (Fsp3) is 0.600. The lowest BCUT2D eigenvalue weighted by Crippen LogP contribution is -2.37. The van der Waals surface area contributed by atoms with Gasteiger partial charge in [0.05, 0.1) is 20.3 Å². The van der Waals surface area contributed by atoms with E-state index in [0.717, 1.165) is 23.5 Å². The van der Waals surface area contributed by atoms with E-state index < -0.39 is 0 Å². The lowest BCUT2D eigenvalue weighted by Gasteiger charge is -2.18. The van der Waals surface area contributed by atoms with Crippen LogP contribution in [0.3, 0.4) is 0 Å². The van der Waals surface area contributed by atoms with Crippen LogP contribution >= 0.6 is 0 Å². The van der Waals surface area contributed by atoms with Gasteiger partial charge in [0.2, 0.25) is 0 Å². The minimum absolute atomic E-state index is 0.277. The third kappa shape index (κ3) is 6.45. The van der Waals surface area contributed by atoms with E-state index in [0.29, 0.717) is 19.8 Å². The van der Waals surface area contributed by atoms with Crippen molar-refractivity contribution in [3.05, 3.63) is 23.8 Å². The van der Waals surface area contributed by atoms with Gasteiger partial charge in [-0.3, -0.25) is 0 Å². The van der Waals surface area contributed by atoms with Crippen LogP contribution in [0.4, 0.5) is 0 Å². The maximum atomic E-state index is 5.82. The first-order valence-electron chi connectivity index (χ1n) is 6.56. The van der Waals surface area contributed by atoms with Crippen molar-refractivity contribution in [3.63, 3.8) is 0 Å². The van der Waals surface area contributed by atoms with Crippen molar-refractivity contribution < 1.29 is 14.2 Å². The number of hydrogen-bond acceptors (Lipinski definition) is 4. The SMILES string of the molecule is COc1cc(C)ccc1OCCCOCC(C)(C)N. The number of nitrogens with two attached hydrogens (primary N) is 1. The summed E-state index contributed by atoms with van der Waals surface area (Å²) in [6.45, 7) is 7.72. The Morgan fingerprint density at radius 1 is 1.16 bits per heavy atom. The van der Waals surface area contributed by atoms with Gasteiger partial charge in [0.1, 0.15) is 0 Å². The minimum Gasteiger partial charge on any atom is -0.493 e. The number of hydrogen-bond donors (Lipinski definition) is 1. The van der Waals surface area contributed by atoms with Crippen LogP contribution in [-0.2, 0) is 4.74 Å². The summed E-state index contributed by atoms with van der Waals surface area (Å²) in [5, 5.41) is 0. The molecule has 0 atom stereocenters. The third-order valence-electron chi connectivity index (χ3n) is 2.48. The van der Waals surface area contributed by atoms with Crippen LogP contribution in [0.25, 0.3) is 0 Å². The molecule has 19 heavy (non-hydrogen) atoms. The Morgan fingerprint density at radius 3 is 2.53 bits per heavy atom. The van der Waals surface area contributed by atoms with Gasteiger partial charge < -0.3 is 19.9 Å². The monoisotopic (exact) mass is 267 g/mol. The molecule has 0 aromatic heterocycles. The summed E-state index contributed by atoms with van der Waals surface area (Å²) in [6, 6.07) is 5.89. The molecule has 0 spiro atoms. The fourth-order valence-corrected chi connectivity index (χ4v) is 1.57. The molecule has 0 saturated heterocycles. The van der Waals surface area contributed by atoms with E-state index in [1.54, 1.807) is 7.11 Å². The van der Waals surface area contributed by atoms with Crippen molar-refractivity contribution in [1.82, 2.24) is 0 Å². The Hall–Kier alpha value is -1.26. The number of methoxy groups -OCH3 is 1. The molecule has 0 bridgehead atoms. The maximum Gasteiger partial charge on any atom is 0.161 e. The molecule has 108 valence electrons. The summed E-state index contributed by atoms with van der Waals surface area (Å²) in [7, 11) is 1.65. The van der Waals surface area contributed by atoms with Gasteiger partial charge in [0.15, 0.2) is 11.5 Å². The van der Waals surface area contributed by atoms with Crippen molar-refractivity contribution >= 4 is 0 Å². The van der Waals surface area contributed by atoms with Crippen molar-refractivity contribution in [2.75, 3.05) is 26.9 Å². The molecule has 2 N–H and O–H groups in total. The molecular formula is C15H25NO3. The van der Waals surface area contributed by atoms with Crippen molar-refractivity contribution in [3.8, 4) is 11.5 Å². The summed E-state index contributed by atoms with van der Waals surface area (Å²) in [4.78, 5) is 0. The third-order valence-corrected chi connectivity index (χ3v) is 2.48. The molecule has 0 unspecified atom stereocenters. The summed E-state index contributed by atoms with van der Waals surface area (Å²) < 4.78 is 16.4. The highest BCUT2D eigenvalue weighted by molar-refractivity contribution is 5.42. The topological polar surface area (TPSA) is 53.7 Å². The van der Waals surface area contributed by atoms with Crippen molar-refractivity contribution in [1.29, 1.82) is 0 Å². The minimum atomic E-state index is -0.277. The van der Waals surface area contributed by atoms with E-state index in [4.69, 9.17) is 19.9 Å². The van der Waals surface area contributed by atoms with Crippen molar-refractivity contribution in [2.45, 2.75) is 32.7 Å². The van der Waals surface area contributed by atoms with Gasteiger partial charge in [-0.25, -0.2) is 0 Å². The zero-order valence-electron chi connectivity index (χ0n) is 12.4. The van der Waals surface area contributed by atoms with Crippen LogP contribution in [-0.4, -0.2) is 32.5 Å². The normalized spacial score (nSPS) is 11.4. The van der Waals surface area contributed by atoms with E-state index in [1.165, 1.54) is 0 Å². The summed E-state index contributed by atoms with van der Waals surface area (Å²) in [6.07, 6.45) is 0.826. The van der Waals surface area contributed by atoms with Gasteiger partial charge in [0, 0.05) is 18.6 Å². The molecule has 0 fully saturated rings. The number of ether oxygens (including phenoxy) is 3. The number of benzene rings is 1. The zero-order valence-corrected chi connectivity index (χ0v) is 12.4. The second kappa shape index (κ2) is 7.36. The first kappa shape index (κ1) is 15.8. The Bertz CT molecular complexity index is 385. The first-order chi connectivity index (χ1) is 8.92. The second-order valence-electron chi connectivity index (χ2n) is 5.40. The molecule has 0 radical (unpaired) electrons. The molecule has 1 aromatic carbocycles. The molecule has 4 heteroatoms. The summed E-state index contributed by atoms with van der Waals surface area (Å²) in [5.74, 6) is 1.54. The predicted molar refractivity (Wildman–Crippen MR) is 76.9 cm³/mol. The second-order valence-corrected chi connectivity index (χ2v) is 5.40. The van der Waals surface area contributed by atoms with Crippen LogP contribution < -0.4 is 15.2 Å². The van der Waals surface area contributed by atoms with Gasteiger partial charge >= 0.3 is 0 Å². The molecule has 0 heterocycles. The Morgan fingerprint density at radius 2 is 1.89 bits per heavy atom. The molecule has 4 nitrogen and oxygen atoms in total. The lowest BCUT2D eigenvalue weighted by molar-refractivity contribution is 0.0868. The zero-order chi connectivity index (χ0) is 14.3. The van der Waals surface area contributed by atoms with Crippen LogP contribution in [0.15, 0.2) is 18.2 Å². The highest BCUT2D eigenvalue weighted by Crippen LogP contribution is 2.27. The van der Waals surface area contributed by atoms with Gasteiger partial charge in [0.25, 0.3) is 0 Å². The molecule has 0 amide bonds. The Labute approximate surface area is 115 Å². The number of rotatable bonds is 8. The Kier molecular flexibility index (Phi) is 6.12. The molecule has 0 aliphatic rings. The predicted octanol–water partition coefficient (Wildman–Crippen LogP) is 2.53. The Balaban J connectivity index is 2.26. The van der Waals surface area contributed by atoms with Crippen LogP contribution in [0.2, 0.25) is 0 Å². The molecular weight excluding hydrogens is 242 g/mol. The smallest absolute Gasteiger partial charge is 0.161 e. The average molecular weight is 267 g/mol. The van der Waals surface area contributed by atoms with E-state index >= 15 is 0 Å². The molecule has 0 aliphatic carbocycles. The lowest BCUT2D eigenvalue weighted by atomic mass is 10.1. The van der Waals surface area contributed by atoms with Crippen LogP contribution in [0, 0.1) is 6.92 Å². The maximum absolute atomic E-state index is 5.82. The molecule has 0 aliphatic heterocycles. The molecule has 1 aromatic rings. The summed E-state index contributed by atoms with van der Waals surface area (Å²) in [5.41, 5.74) is 6.69. The van der Waals surface area contributed by atoms with Gasteiger partial charge in [-0.2, -0.15) is 0 Å². The van der Waals surface area contributed by atoms with Gasteiger partial charge in [-0.15, -0.1) is 0 Å². The highest BCUT2D eigenvalue weighted by Gasteiger charge is 2.10. The molecule has 1 rings (SSSR count). The van der Waals surface area contributed by atoms with E-state index in [-0.39, 0.29) is 5.54 Å². The fourth-order valence-electron chi connectivity index (χ4n) is 1.57. The van der Waals surface area contributed by atoms with Crippen LogP contribution in [0.5, 0.6) is 11.5 Å². The van der Waals surface area contributed by atoms with E-state index in [2.05, 4.69) is 0 Å². The quantitative estimate of drug-likeness (QED) is 0.735. The van der Waals surface area contributed by atoms with Gasteiger partial charge in [-0.1, -0.05) is 6.07 Å². The van der Waals surface area contributed by atoms with E-state index in [9.17, 15) is 0 Å². The first-order valence-corrected chi connectivity index (χ1v) is 6.56. The van der Waals surface area contributed by atoms with Gasteiger partial charge in [-0.05, 0) is 38.5 Å². The van der Waals surface area contributed by atoms with E-state index in [1.807, 2.05) is 39.0 Å². The highest BCUT2D eigenvalue weighted by atomic mass is 16.5. The standard InChI is InChI=1S/C15H25NO3/c1-12-6-7-13(14(10-12)17-4)19-9-5-8-18-11-15(2,3)16/h6-7,10H,5,8-9,11,16H2,1-4H3. The van der Waals surface area contributed by atoms with Crippen molar-refractivity contribution in [2.24, 2.45) is 5.73 Å².